The molecule has 2 aliphatic rings. The quantitative estimate of drug-likeness (QED) is 0.437. The number of carbonyl (C=O) groups is 1. The van der Waals surface area contributed by atoms with Gasteiger partial charge in [0.15, 0.2) is 0 Å². The van der Waals surface area contributed by atoms with Crippen LogP contribution in [0, 0.1) is 11.8 Å². The van der Waals surface area contributed by atoms with Gasteiger partial charge in [0.05, 0.1) is 12.8 Å². The van der Waals surface area contributed by atoms with Gasteiger partial charge in [-0.25, -0.2) is 0 Å². The number of piperidine rings is 1. The Labute approximate surface area is 234 Å². The Morgan fingerprint density at radius 3 is 2.53 bits per heavy atom. The molecule has 1 N–H and O–H groups in total. The number of nitrogens with zero attached hydrogens (tertiary/aromatic N) is 3. The summed E-state index contributed by atoms with van der Waals surface area (Å²) in [7, 11) is 1.75. The summed E-state index contributed by atoms with van der Waals surface area (Å²) in [5, 5.41) is 3.89. The molecule has 4 rings (SSSR count). The van der Waals surface area contributed by atoms with Crippen LogP contribution >= 0.6 is 11.6 Å². The Bertz CT molecular complexity index is 1020. The summed E-state index contributed by atoms with van der Waals surface area (Å²) in [6.07, 6.45) is 3.46. The van der Waals surface area contributed by atoms with E-state index in [0.717, 1.165) is 75.0 Å². The van der Waals surface area contributed by atoms with Crippen molar-refractivity contribution >= 4 is 23.2 Å². The normalized spacial score (nSPS) is 21.0. The molecule has 2 atom stereocenters. The molecular formula is C31H45ClN4O2. The Morgan fingerprint density at radius 2 is 1.79 bits per heavy atom. The van der Waals surface area contributed by atoms with E-state index in [1.807, 2.05) is 36.4 Å². The number of piperazine rings is 1. The molecule has 0 aliphatic carbocycles. The fourth-order valence-corrected chi connectivity index (χ4v) is 6.40. The lowest BCUT2D eigenvalue weighted by Crippen LogP contribution is -2.57. The lowest BCUT2D eigenvalue weighted by Gasteiger charge is -2.47. The molecule has 0 spiro atoms. The van der Waals surface area contributed by atoms with Gasteiger partial charge in [-0.05, 0) is 61.4 Å². The number of nitrogens with one attached hydrogen (secondary N) is 1. The maximum Gasteiger partial charge on any atom is 0.220 e. The van der Waals surface area contributed by atoms with Crippen molar-refractivity contribution in [3.8, 4) is 5.75 Å². The number of anilines is 1. The number of amides is 1. The van der Waals surface area contributed by atoms with Crippen LogP contribution in [0.5, 0.6) is 5.75 Å². The fourth-order valence-electron chi connectivity index (χ4n) is 6.17. The van der Waals surface area contributed by atoms with E-state index in [1.165, 1.54) is 12.1 Å². The summed E-state index contributed by atoms with van der Waals surface area (Å²) in [6.45, 7) is 12.7. The third kappa shape index (κ3) is 7.87. The Hall–Kier alpha value is -2.28. The molecule has 6 nitrogen and oxygen atoms in total. The van der Waals surface area contributed by atoms with Gasteiger partial charge in [-0.1, -0.05) is 55.8 Å². The van der Waals surface area contributed by atoms with Crippen molar-refractivity contribution in [1.82, 2.24) is 15.1 Å². The minimum Gasteiger partial charge on any atom is -0.495 e. The average Bonchev–Trinajstić information content (AvgIpc) is 2.93. The van der Waals surface area contributed by atoms with Crippen molar-refractivity contribution in [2.45, 2.75) is 45.6 Å². The summed E-state index contributed by atoms with van der Waals surface area (Å²) >= 11 is 6.27. The summed E-state index contributed by atoms with van der Waals surface area (Å²) in [6, 6.07) is 16.7. The number of benzene rings is 2. The molecular weight excluding hydrogens is 496 g/mol. The number of carbonyl (C=O) groups excluding carboxylic acids is 1. The smallest absolute Gasteiger partial charge is 0.220 e. The first kappa shape index (κ1) is 28.7. The lowest BCUT2D eigenvalue weighted by molar-refractivity contribution is -0.121. The molecule has 0 unspecified atom stereocenters. The summed E-state index contributed by atoms with van der Waals surface area (Å²) < 4.78 is 5.61. The van der Waals surface area contributed by atoms with E-state index < -0.39 is 0 Å². The molecule has 2 fully saturated rings. The van der Waals surface area contributed by atoms with Crippen LogP contribution < -0.4 is 15.0 Å². The van der Waals surface area contributed by atoms with Crippen LogP contribution in [0.15, 0.2) is 48.5 Å². The zero-order chi connectivity index (χ0) is 26.9. The van der Waals surface area contributed by atoms with Crippen LogP contribution in [0.4, 0.5) is 5.69 Å². The average molecular weight is 541 g/mol. The van der Waals surface area contributed by atoms with Crippen LogP contribution in [0.25, 0.3) is 0 Å². The lowest BCUT2D eigenvalue weighted by atomic mass is 9.86. The summed E-state index contributed by atoms with van der Waals surface area (Å²) in [5.74, 6) is 2.26. The number of hydrogen-bond donors (Lipinski definition) is 1. The van der Waals surface area contributed by atoms with Gasteiger partial charge in [-0.2, -0.15) is 0 Å². The standard InChI is InChI=1S/C31H45ClN4O2/c1-24(2)22-34-17-15-28(35-18-20-36(21-19-35)29-10-6-7-11-30(29)38-3)26(23-34)12-13-31(37)33-16-14-25-8-4-5-9-27(25)32/h4-11,24,26,28H,12-23H2,1-3H3,(H,33,37)/t26-,28+/m0/s1. The maximum atomic E-state index is 12.8. The van der Waals surface area contributed by atoms with Gasteiger partial charge in [0.2, 0.25) is 5.91 Å². The Kier molecular flexibility index (Phi) is 10.7. The maximum absolute atomic E-state index is 12.8. The largest absolute Gasteiger partial charge is 0.495 e. The Morgan fingerprint density at radius 1 is 1.05 bits per heavy atom. The van der Waals surface area contributed by atoms with Crippen LogP contribution in [-0.4, -0.2) is 81.2 Å². The molecule has 2 aromatic carbocycles. The zero-order valence-electron chi connectivity index (χ0n) is 23.4. The highest BCUT2D eigenvalue weighted by atomic mass is 35.5. The first-order chi connectivity index (χ1) is 18.4. The molecule has 2 saturated heterocycles. The highest BCUT2D eigenvalue weighted by Crippen LogP contribution is 2.31. The van der Waals surface area contributed by atoms with Crippen LogP contribution in [-0.2, 0) is 11.2 Å². The first-order valence-corrected chi connectivity index (χ1v) is 14.7. The predicted molar refractivity (Wildman–Crippen MR) is 157 cm³/mol. The van der Waals surface area contributed by atoms with Crippen molar-refractivity contribution in [3.05, 3.63) is 59.1 Å². The van der Waals surface area contributed by atoms with Gasteiger partial charge in [-0.3, -0.25) is 9.69 Å². The van der Waals surface area contributed by atoms with Crippen molar-refractivity contribution in [1.29, 1.82) is 0 Å². The van der Waals surface area contributed by atoms with Crippen molar-refractivity contribution in [3.63, 3.8) is 0 Å². The van der Waals surface area contributed by atoms with Gasteiger partial charge in [0, 0.05) is 63.3 Å². The fraction of sp³-hybridized carbons (Fsp3) is 0.581. The number of para-hydroxylation sites is 2. The van der Waals surface area contributed by atoms with Crippen LogP contribution in [0.2, 0.25) is 5.02 Å². The molecule has 0 radical (unpaired) electrons. The van der Waals surface area contributed by atoms with E-state index in [0.29, 0.717) is 30.8 Å². The third-order valence-corrected chi connectivity index (χ3v) is 8.40. The van der Waals surface area contributed by atoms with Gasteiger partial charge in [0.25, 0.3) is 0 Å². The summed E-state index contributed by atoms with van der Waals surface area (Å²) in [4.78, 5) is 20.5. The minimum absolute atomic E-state index is 0.151. The highest BCUT2D eigenvalue weighted by molar-refractivity contribution is 6.31. The highest BCUT2D eigenvalue weighted by Gasteiger charge is 2.35. The van der Waals surface area contributed by atoms with Crippen molar-refractivity contribution in [2.24, 2.45) is 11.8 Å². The van der Waals surface area contributed by atoms with E-state index in [9.17, 15) is 4.79 Å². The SMILES string of the molecule is COc1ccccc1N1CCN([C@@H]2CCN(CC(C)C)C[C@@H]2CCC(=O)NCCc2ccccc2Cl)CC1. The minimum atomic E-state index is 0.151. The van der Waals surface area contributed by atoms with Gasteiger partial charge in [0.1, 0.15) is 5.75 Å². The number of rotatable bonds is 11. The molecule has 2 aliphatic heterocycles. The Balaban J connectivity index is 1.31. The predicted octanol–water partition coefficient (Wildman–Crippen LogP) is 4.96. The molecule has 2 heterocycles. The van der Waals surface area contributed by atoms with Crippen LogP contribution in [0.1, 0.15) is 38.7 Å². The van der Waals surface area contributed by atoms with E-state index in [-0.39, 0.29) is 5.91 Å². The molecule has 38 heavy (non-hydrogen) atoms. The summed E-state index contributed by atoms with van der Waals surface area (Å²) in [5.41, 5.74) is 2.27. The second-order valence-corrected chi connectivity index (χ2v) is 11.6. The number of hydrogen-bond acceptors (Lipinski definition) is 5. The monoisotopic (exact) mass is 540 g/mol. The number of likely N-dealkylation sites (tertiary alicyclic amines) is 1. The number of ether oxygens (including phenoxy) is 1. The second-order valence-electron chi connectivity index (χ2n) is 11.2. The van der Waals surface area contributed by atoms with E-state index in [2.05, 4.69) is 46.0 Å². The molecule has 208 valence electrons. The number of halogens is 1. The van der Waals surface area contributed by atoms with Crippen molar-refractivity contribution < 1.29 is 9.53 Å². The van der Waals surface area contributed by atoms with Gasteiger partial charge < -0.3 is 19.9 Å². The molecule has 0 bridgehead atoms. The molecule has 0 aromatic heterocycles. The molecule has 2 aromatic rings. The van der Waals surface area contributed by atoms with Gasteiger partial charge >= 0.3 is 0 Å². The first-order valence-electron chi connectivity index (χ1n) is 14.3. The van der Waals surface area contributed by atoms with Crippen molar-refractivity contribution in [2.75, 3.05) is 64.4 Å². The van der Waals surface area contributed by atoms with E-state index in [4.69, 9.17) is 16.3 Å². The van der Waals surface area contributed by atoms with Gasteiger partial charge in [-0.15, -0.1) is 0 Å². The molecule has 0 saturated carbocycles. The molecule has 7 heteroatoms. The third-order valence-electron chi connectivity index (χ3n) is 8.03. The van der Waals surface area contributed by atoms with E-state index in [1.54, 1.807) is 7.11 Å². The van der Waals surface area contributed by atoms with Crippen LogP contribution in [0.3, 0.4) is 0 Å². The van der Waals surface area contributed by atoms with E-state index >= 15 is 0 Å². The topological polar surface area (TPSA) is 48.1 Å². The number of methoxy groups -OCH3 is 1. The zero-order valence-corrected chi connectivity index (χ0v) is 24.1. The second kappa shape index (κ2) is 14.2. The molecule has 1 amide bonds.